The lowest BCUT2D eigenvalue weighted by molar-refractivity contribution is -0.0191. The Hall–Kier alpha value is -1.71. The maximum absolute atomic E-state index is 13.5. The van der Waals surface area contributed by atoms with Gasteiger partial charge in [0.25, 0.3) is 0 Å². The standard InChI is InChI=1S/C16H16FNO/c1-18-15-9-12-7-8-13(17)10-14(12)16(19-15)11-5-3-2-4-6-11/h2-8,10,15-16,18H,9H2,1H3/t15-,16-/m1/s1. The van der Waals surface area contributed by atoms with E-state index in [-0.39, 0.29) is 18.1 Å². The molecule has 0 saturated carbocycles. The highest BCUT2D eigenvalue weighted by atomic mass is 19.1. The molecule has 0 aliphatic carbocycles. The van der Waals surface area contributed by atoms with E-state index in [2.05, 4.69) is 5.32 Å². The largest absolute Gasteiger partial charge is 0.350 e. The molecule has 0 saturated heterocycles. The fraction of sp³-hybridized carbons (Fsp3) is 0.250. The highest BCUT2D eigenvalue weighted by Crippen LogP contribution is 2.34. The van der Waals surface area contributed by atoms with Crippen molar-refractivity contribution in [3.8, 4) is 0 Å². The van der Waals surface area contributed by atoms with Crippen LogP contribution in [-0.2, 0) is 11.2 Å². The van der Waals surface area contributed by atoms with E-state index in [1.807, 2.05) is 43.4 Å². The van der Waals surface area contributed by atoms with Crippen molar-refractivity contribution in [2.75, 3.05) is 7.05 Å². The zero-order chi connectivity index (χ0) is 13.2. The number of fused-ring (bicyclic) bond motifs is 1. The van der Waals surface area contributed by atoms with Crippen LogP contribution >= 0.6 is 0 Å². The zero-order valence-corrected chi connectivity index (χ0v) is 10.8. The Bertz CT molecular complexity index is 570. The van der Waals surface area contributed by atoms with Crippen molar-refractivity contribution >= 4 is 0 Å². The first-order chi connectivity index (χ1) is 9.28. The quantitative estimate of drug-likeness (QED) is 0.893. The van der Waals surface area contributed by atoms with Gasteiger partial charge in [0.05, 0.1) is 0 Å². The fourth-order valence-corrected chi connectivity index (χ4v) is 2.54. The second kappa shape index (κ2) is 5.11. The molecule has 2 aromatic carbocycles. The first kappa shape index (κ1) is 12.3. The number of rotatable bonds is 2. The van der Waals surface area contributed by atoms with Gasteiger partial charge in [0.2, 0.25) is 0 Å². The molecule has 3 heteroatoms. The van der Waals surface area contributed by atoms with Crippen LogP contribution in [0, 0.1) is 5.82 Å². The molecule has 2 aromatic rings. The van der Waals surface area contributed by atoms with Crippen LogP contribution in [0.1, 0.15) is 22.8 Å². The van der Waals surface area contributed by atoms with E-state index in [1.54, 1.807) is 6.07 Å². The van der Waals surface area contributed by atoms with Crippen LogP contribution in [0.15, 0.2) is 48.5 Å². The molecule has 3 rings (SSSR count). The summed E-state index contributed by atoms with van der Waals surface area (Å²) >= 11 is 0. The highest BCUT2D eigenvalue weighted by molar-refractivity contribution is 5.38. The summed E-state index contributed by atoms with van der Waals surface area (Å²) < 4.78 is 19.5. The summed E-state index contributed by atoms with van der Waals surface area (Å²) in [5.41, 5.74) is 3.12. The van der Waals surface area contributed by atoms with E-state index >= 15 is 0 Å². The van der Waals surface area contributed by atoms with Gasteiger partial charge in [-0.25, -0.2) is 4.39 Å². The summed E-state index contributed by atoms with van der Waals surface area (Å²) in [4.78, 5) is 0. The third-order valence-corrected chi connectivity index (χ3v) is 3.52. The number of ether oxygens (including phenoxy) is 1. The molecule has 2 atom stereocenters. The number of halogens is 1. The number of benzene rings is 2. The van der Waals surface area contributed by atoms with Crippen molar-refractivity contribution in [1.82, 2.24) is 5.32 Å². The minimum absolute atomic E-state index is 0.0387. The molecule has 98 valence electrons. The van der Waals surface area contributed by atoms with Gasteiger partial charge in [-0.1, -0.05) is 36.4 Å². The molecule has 0 aromatic heterocycles. The molecular formula is C16H16FNO. The first-order valence-electron chi connectivity index (χ1n) is 6.44. The smallest absolute Gasteiger partial charge is 0.123 e. The van der Waals surface area contributed by atoms with Crippen LogP contribution in [0.2, 0.25) is 0 Å². The summed E-state index contributed by atoms with van der Waals surface area (Å²) in [6.45, 7) is 0. The normalized spacial score (nSPS) is 22.0. The lowest BCUT2D eigenvalue weighted by Gasteiger charge is -2.32. The van der Waals surface area contributed by atoms with Gasteiger partial charge in [-0.3, -0.25) is 5.32 Å². The molecule has 1 N–H and O–H groups in total. The van der Waals surface area contributed by atoms with E-state index < -0.39 is 0 Å². The molecule has 0 unspecified atom stereocenters. The molecule has 19 heavy (non-hydrogen) atoms. The lowest BCUT2D eigenvalue weighted by atomic mass is 9.92. The van der Waals surface area contributed by atoms with Crippen LogP contribution in [0.3, 0.4) is 0 Å². The van der Waals surface area contributed by atoms with Crippen molar-refractivity contribution in [2.24, 2.45) is 0 Å². The van der Waals surface area contributed by atoms with E-state index in [1.165, 1.54) is 6.07 Å². The minimum Gasteiger partial charge on any atom is -0.350 e. The number of hydrogen-bond acceptors (Lipinski definition) is 2. The second-order valence-electron chi connectivity index (χ2n) is 4.75. The van der Waals surface area contributed by atoms with Crippen LogP contribution in [0.5, 0.6) is 0 Å². The Labute approximate surface area is 112 Å². The molecule has 2 nitrogen and oxygen atoms in total. The Balaban J connectivity index is 2.07. The Morgan fingerprint density at radius 1 is 1.16 bits per heavy atom. The topological polar surface area (TPSA) is 21.3 Å². The van der Waals surface area contributed by atoms with Gasteiger partial charge in [0.1, 0.15) is 18.1 Å². The van der Waals surface area contributed by atoms with Gasteiger partial charge >= 0.3 is 0 Å². The monoisotopic (exact) mass is 257 g/mol. The van der Waals surface area contributed by atoms with Gasteiger partial charge in [0, 0.05) is 6.42 Å². The van der Waals surface area contributed by atoms with Crippen molar-refractivity contribution in [2.45, 2.75) is 18.8 Å². The maximum Gasteiger partial charge on any atom is 0.123 e. The summed E-state index contributed by atoms with van der Waals surface area (Å²) in [6, 6.07) is 14.9. The summed E-state index contributed by atoms with van der Waals surface area (Å²) in [5, 5.41) is 3.14. The predicted molar refractivity (Wildman–Crippen MR) is 72.3 cm³/mol. The first-order valence-corrected chi connectivity index (χ1v) is 6.44. The SMILES string of the molecule is CN[C@H]1Cc2ccc(F)cc2[C@@H](c2ccccc2)O1. The molecule has 0 bridgehead atoms. The number of hydrogen-bond donors (Lipinski definition) is 1. The van der Waals surface area contributed by atoms with E-state index in [0.717, 1.165) is 23.1 Å². The number of nitrogens with one attached hydrogen (secondary N) is 1. The van der Waals surface area contributed by atoms with Gasteiger partial charge in [-0.2, -0.15) is 0 Å². The van der Waals surface area contributed by atoms with E-state index in [9.17, 15) is 4.39 Å². The molecule has 0 spiro atoms. The average molecular weight is 257 g/mol. The third kappa shape index (κ3) is 2.39. The van der Waals surface area contributed by atoms with E-state index in [4.69, 9.17) is 4.74 Å². The molecule has 1 aliphatic heterocycles. The third-order valence-electron chi connectivity index (χ3n) is 3.52. The number of likely N-dealkylation sites (N-methyl/N-ethyl adjacent to an activating group) is 1. The predicted octanol–water partition coefficient (Wildman–Crippen LogP) is 3.03. The lowest BCUT2D eigenvalue weighted by Crippen LogP contribution is -2.36. The Kier molecular flexibility index (Phi) is 3.32. The molecule has 1 aliphatic rings. The summed E-state index contributed by atoms with van der Waals surface area (Å²) in [6.07, 6.45) is 0.511. The van der Waals surface area contributed by atoms with Crippen LogP contribution in [0.25, 0.3) is 0 Å². The summed E-state index contributed by atoms with van der Waals surface area (Å²) in [7, 11) is 1.88. The maximum atomic E-state index is 13.5. The van der Waals surface area contributed by atoms with Crippen molar-refractivity contribution in [3.05, 3.63) is 71.0 Å². The molecule has 0 fully saturated rings. The molecule has 0 radical (unpaired) electrons. The van der Waals surface area contributed by atoms with Crippen molar-refractivity contribution < 1.29 is 9.13 Å². The average Bonchev–Trinajstić information content (AvgIpc) is 2.47. The Morgan fingerprint density at radius 2 is 1.95 bits per heavy atom. The van der Waals surface area contributed by atoms with E-state index in [0.29, 0.717) is 0 Å². The van der Waals surface area contributed by atoms with Gasteiger partial charge in [0.15, 0.2) is 0 Å². The van der Waals surface area contributed by atoms with Crippen LogP contribution in [-0.4, -0.2) is 13.3 Å². The minimum atomic E-state index is -0.216. The van der Waals surface area contributed by atoms with Gasteiger partial charge in [-0.05, 0) is 35.9 Å². The zero-order valence-electron chi connectivity index (χ0n) is 10.8. The second-order valence-corrected chi connectivity index (χ2v) is 4.75. The van der Waals surface area contributed by atoms with Gasteiger partial charge in [-0.15, -0.1) is 0 Å². The molecule has 0 amide bonds. The Morgan fingerprint density at radius 3 is 2.68 bits per heavy atom. The van der Waals surface area contributed by atoms with Crippen LogP contribution < -0.4 is 5.32 Å². The summed E-state index contributed by atoms with van der Waals surface area (Å²) in [5.74, 6) is -0.216. The fourth-order valence-electron chi connectivity index (χ4n) is 2.54. The van der Waals surface area contributed by atoms with Crippen LogP contribution in [0.4, 0.5) is 4.39 Å². The van der Waals surface area contributed by atoms with Crippen molar-refractivity contribution in [3.63, 3.8) is 0 Å². The molecule has 1 heterocycles. The van der Waals surface area contributed by atoms with Crippen molar-refractivity contribution in [1.29, 1.82) is 0 Å². The molecular weight excluding hydrogens is 241 g/mol. The van der Waals surface area contributed by atoms with Gasteiger partial charge < -0.3 is 4.74 Å². The highest BCUT2D eigenvalue weighted by Gasteiger charge is 2.28.